The van der Waals surface area contributed by atoms with Gasteiger partial charge in [0.1, 0.15) is 17.0 Å². The summed E-state index contributed by atoms with van der Waals surface area (Å²) in [5.74, 6) is 0.664. The van der Waals surface area contributed by atoms with Crippen LogP contribution in [0.3, 0.4) is 0 Å². The highest BCUT2D eigenvalue weighted by Crippen LogP contribution is 2.23. The van der Waals surface area contributed by atoms with Crippen LogP contribution in [0.25, 0.3) is 10.7 Å². The molecule has 6 heteroatoms. The van der Waals surface area contributed by atoms with Crippen molar-refractivity contribution in [3.05, 3.63) is 29.7 Å². The highest BCUT2D eigenvalue weighted by molar-refractivity contribution is 7.13. The van der Waals surface area contributed by atoms with Crippen molar-refractivity contribution >= 4 is 17.2 Å². The fourth-order valence-corrected chi connectivity index (χ4v) is 3.16. The highest BCUT2D eigenvalue weighted by atomic mass is 32.1. The summed E-state index contributed by atoms with van der Waals surface area (Å²) in [4.78, 5) is 26.1. The Balaban J connectivity index is 1.70. The molecule has 3 heterocycles. The lowest BCUT2D eigenvalue weighted by Gasteiger charge is -2.13. The lowest BCUT2D eigenvalue weighted by molar-refractivity contribution is -0.127. The maximum Gasteiger partial charge on any atom is 0.219 e. The maximum atomic E-state index is 11.3. The van der Waals surface area contributed by atoms with Crippen molar-refractivity contribution < 1.29 is 4.79 Å². The minimum absolute atomic E-state index is 0.165. The Hall–Kier alpha value is -1.82. The van der Waals surface area contributed by atoms with Gasteiger partial charge < -0.3 is 4.90 Å². The molecule has 0 aliphatic carbocycles. The molecule has 1 amide bonds. The van der Waals surface area contributed by atoms with Gasteiger partial charge in [0, 0.05) is 37.3 Å². The fourth-order valence-electron chi connectivity index (χ4n) is 2.56. The second-order valence-electron chi connectivity index (χ2n) is 5.06. The number of carbonyl (C=O) groups is 1. The molecule has 2 aromatic heterocycles. The first-order chi connectivity index (χ1) is 9.72. The van der Waals surface area contributed by atoms with E-state index in [1.54, 1.807) is 30.8 Å². The van der Waals surface area contributed by atoms with Crippen LogP contribution in [0.15, 0.2) is 24.0 Å². The van der Waals surface area contributed by atoms with Crippen molar-refractivity contribution in [2.24, 2.45) is 5.92 Å². The first kappa shape index (κ1) is 13.2. The van der Waals surface area contributed by atoms with E-state index in [0.717, 1.165) is 42.3 Å². The van der Waals surface area contributed by atoms with E-state index >= 15 is 0 Å². The first-order valence-electron chi connectivity index (χ1n) is 6.68. The molecule has 1 saturated heterocycles. The predicted molar refractivity (Wildman–Crippen MR) is 77.2 cm³/mol. The summed E-state index contributed by atoms with van der Waals surface area (Å²) in [6.45, 7) is 3.34. The molecular formula is C14H16N4OS. The Kier molecular flexibility index (Phi) is 3.73. The Labute approximate surface area is 121 Å². The standard InChI is InChI=1S/C14H16N4OS/c1-10(19)18-4-2-11(8-18)6-12-7-13(17-9-16-12)14-15-3-5-20-14/h3,5,7,9,11H,2,4,6,8H2,1H3. The molecule has 0 aromatic carbocycles. The summed E-state index contributed by atoms with van der Waals surface area (Å²) in [5.41, 5.74) is 1.91. The van der Waals surface area contributed by atoms with Gasteiger partial charge in [-0.1, -0.05) is 0 Å². The van der Waals surface area contributed by atoms with Gasteiger partial charge in [-0.25, -0.2) is 15.0 Å². The third kappa shape index (κ3) is 2.85. The zero-order chi connectivity index (χ0) is 13.9. The van der Waals surface area contributed by atoms with Crippen molar-refractivity contribution in [1.29, 1.82) is 0 Å². The van der Waals surface area contributed by atoms with Gasteiger partial charge in [0.15, 0.2) is 0 Å². The SMILES string of the molecule is CC(=O)N1CCC(Cc2cc(-c3nccs3)ncn2)C1. The highest BCUT2D eigenvalue weighted by Gasteiger charge is 2.24. The number of likely N-dealkylation sites (tertiary alicyclic amines) is 1. The van der Waals surface area contributed by atoms with Crippen molar-refractivity contribution in [1.82, 2.24) is 19.9 Å². The average molecular weight is 288 g/mol. The minimum atomic E-state index is 0.165. The summed E-state index contributed by atoms with van der Waals surface area (Å²) in [6.07, 6.45) is 5.33. The van der Waals surface area contributed by atoms with Gasteiger partial charge in [0.05, 0.1) is 0 Å². The number of aromatic nitrogens is 3. The summed E-state index contributed by atoms with van der Waals surface area (Å²) in [7, 11) is 0. The van der Waals surface area contributed by atoms with Crippen LogP contribution < -0.4 is 0 Å². The van der Waals surface area contributed by atoms with E-state index in [1.807, 2.05) is 16.3 Å². The molecule has 3 rings (SSSR count). The lowest BCUT2D eigenvalue weighted by Crippen LogP contribution is -2.26. The number of rotatable bonds is 3. The van der Waals surface area contributed by atoms with Gasteiger partial charge >= 0.3 is 0 Å². The molecule has 1 unspecified atom stereocenters. The van der Waals surface area contributed by atoms with Gasteiger partial charge in [-0.3, -0.25) is 4.79 Å². The van der Waals surface area contributed by atoms with Gasteiger partial charge in [0.25, 0.3) is 0 Å². The van der Waals surface area contributed by atoms with Crippen LogP contribution in [0, 0.1) is 5.92 Å². The number of hydrogen-bond donors (Lipinski definition) is 0. The van der Waals surface area contributed by atoms with E-state index in [4.69, 9.17) is 0 Å². The fraction of sp³-hybridized carbons (Fsp3) is 0.429. The molecule has 1 aliphatic rings. The molecule has 0 bridgehead atoms. The van der Waals surface area contributed by atoms with Gasteiger partial charge in [-0.05, 0) is 24.8 Å². The van der Waals surface area contributed by atoms with Crippen LogP contribution >= 0.6 is 11.3 Å². The summed E-state index contributed by atoms with van der Waals surface area (Å²) < 4.78 is 0. The first-order valence-corrected chi connectivity index (χ1v) is 7.56. The molecule has 2 aromatic rings. The summed E-state index contributed by atoms with van der Waals surface area (Å²) >= 11 is 1.58. The molecule has 0 radical (unpaired) electrons. The number of thiazole rings is 1. The van der Waals surface area contributed by atoms with Crippen LogP contribution in [-0.2, 0) is 11.2 Å². The molecule has 5 nitrogen and oxygen atoms in total. The van der Waals surface area contributed by atoms with Crippen molar-refractivity contribution in [2.45, 2.75) is 19.8 Å². The predicted octanol–water partition coefficient (Wildman–Crippen LogP) is 2.01. The zero-order valence-corrected chi connectivity index (χ0v) is 12.1. The number of hydrogen-bond acceptors (Lipinski definition) is 5. The van der Waals surface area contributed by atoms with Crippen LogP contribution in [0.5, 0.6) is 0 Å². The monoisotopic (exact) mass is 288 g/mol. The molecule has 104 valence electrons. The Morgan fingerprint density at radius 1 is 1.45 bits per heavy atom. The molecule has 0 spiro atoms. The number of amides is 1. The smallest absolute Gasteiger partial charge is 0.219 e. The number of nitrogens with zero attached hydrogens (tertiary/aromatic N) is 4. The Morgan fingerprint density at radius 2 is 2.35 bits per heavy atom. The third-order valence-electron chi connectivity index (χ3n) is 3.60. The molecule has 1 fully saturated rings. The van der Waals surface area contributed by atoms with Crippen LogP contribution in [0.4, 0.5) is 0 Å². The molecule has 1 aliphatic heterocycles. The van der Waals surface area contributed by atoms with Crippen molar-refractivity contribution in [3.63, 3.8) is 0 Å². The second kappa shape index (κ2) is 5.66. The molecule has 0 saturated carbocycles. The van der Waals surface area contributed by atoms with Crippen LogP contribution in [-0.4, -0.2) is 38.8 Å². The van der Waals surface area contributed by atoms with Crippen molar-refractivity contribution in [2.75, 3.05) is 13.1 Å². The third-order valence-corrected chi connectivity index (χ3v) is 4.40. The van der Waals surface area contributed by atoms with Gasteiger partial charge in [-0.2, -0.15) is 0 Å². The van der Waals surface area contributed by atoms with Gasteiger partial charge in [-0.15, -0.1) is 11.3 Å². The minimum Gasteiger partial charge on any atom is -0.343 e. The van der Waals surface area contributed by atoms with Crippen LogP contribution in [0.1, 0.15) is 19.0 Å². The van der Waals surface area contributed by atoms with E-state index in [2.05, 4.69) is 15.0 Å². The molecule has 20 heavy (non-hydrogen) atoms. The van der Waals surface area contributed by atoms with E-state index in [9.17, 15) is 4.79 Å². The Morgan fingerprint density at radius 3 is 3.05 bits per heavy atom. The number of carbonyl (C=O) groups excluding carboxylic acids is 1. The summed E-state index contributed by atoms with van der Waals surface area (Å²) in [6, 6.07) is 2.01. The normalized spacial score (nSPS) is 18.4. The van der Waals surface area contributed by atoms with Crippen molar-refractivity contribution in [3.8, 4) is 10.7 Å². The lowest BCUT2D eigenvalue weighted by atomic mass is 10.0. The van der Waals surface area contributed by atoms with E-state index < -0.39 is 0 Å². The molecule has 1 atom stereocenters. The maximum absolute atomic E-state index is 11.3. The average Bonchev–Trinajstić information content (AvgIpc) is 3.10. The van der Waals surface area contributed by atoms with E-state index in [1.165, 1.54) is 0 Å². The molecular weight excluding hydrogens is 272 g/mol. The largest absolute Gasteiger partial charge is 0.343 e. The second-order valence-corrected chi connectivity index (χ2v) is 5.95. The van der Waals surface area contributed by atoms with E-state index in [0.29, 0.717) is 5.92 Å². The Bertz CT molecular complexity index is 599. The summed E-state index contributed by atoms with van der Waals surface area (Å²) in [5, 5.41) is 2.86. The topological polar surface area (TPSA) is 59.0 Å². The van der Waals surface area contributed by atoms with E-state index in [-0.39, 0.29) is 5.91 Å². The van der Waals surface area contributed by atoms with Gasteiger partial charge in [0.2, 0.25) is 5.91 Å². The quantitative estimate of drug-likeness (QED) is 0.867. The van der Waals surface area contributed by atoms with Crippen LogP contribution in [0.2, 0.25) is 0 Å². The zero-order valence-electron chi connectivity index (χ0n) is 11.3. The molecule has 0 N–H and O–H groups in total.